The second-order valence-corrected chi connectivity index (χ2v) is 6.23. The molecule has 0 fully saturated rings. The van der Waals surface area contributed by atoms with Gasteiger partial charge in [-0.05, 0) is 40.0 Å². The molecular weight excluding hydrogens is 242 g/mol. The van der Waals surface area contributed by atoms with Gasteiger partial charge in [0.05, 0.1) is 12.1 Å². The highest BCUT2D eigenvalue weighted by Gasteiger charge is 2.30. The van der Waals surface area contributed by atoms with E-state index in [1.165, 1.54) is 0 Å². The number of ether oxygens (including phenoxy) is 1. The van der Waals surface area contributed by atoms with Gasteiger partial charge in [-0.25, -0.2) is 4.79 Å². The average molecular weight is 273 g/mol. The van der Waals surface area contributed by atoms with Crippen LogP contribution in [0.3, 0.4) is 0 Å². The summed E-state index contributed by atoms with van der Waals surface area (Å²) in [5.74, 6) is 0. The molecule has 0 rings (SSSR count). The van der Waals surface area contributed by atoms with Gasteiger partial charge in [0.1, 0.15) is 5.60 Å². The van der Waals surface area contributed by atoms with Gasteiger partial charge in [0.2, 0.25) is 0 Å². The Morgan fingerprint density at radius 2 is 1.74 bits per heavy atom. The van der Waals surface area contributed by atoms with E-state index < -0.39 is 11.2 Å². The van der Waals surface area contributed by atoms with Gasteiger partial charge in [-0.3, -0.25) is 0 Å². The van der Waals surface area contributed by atoms with Crippen LogP contribution in [-0.4, -0.2) is 40.4 Å². The summed E-state index contributed by atoms with van der Waals surface area (Å²) in [5, 5.41) is 10.5. The van der Waals surface area contributed by atoms with Gasteiger partial charge in [-0.2, -0.15) is 0 Å². The first-order valence-corrected chi connectivity index (χ1v) is 7.37. The molecule has 0 spiro atoms. The quantitative estimate of drug-likeness (QED) is 0.771. The largest absolute Gasteiger partial charge is 0.444 e. The highest BCUT2D eigenvalue weighted by atomic mass is 16.6. The third-order valence-electron chi connectivity index (χ3n) is 3.00. The van der Waals surface area contributed by atoms with Crippen molar-refractivity contribution in [3.05, 3.63) is 0 Å². The Labute approximate surface area is 118 Å². The first kappa shape index (κ1) is 18.2. The first-order chi connectivity index (χ1) is 8.67. The number of hydrogen-bond acceptors (Lipinski definition) is 3. The predicted octanol–water partition coefficient (Wildman–Crippen LogP) is 3.57. The molecule has 0 aromatic rings. The molecule has 4 heteroatoms. The normalized spacial score (nSPS) is 14.9. The van der Waals surface area contributed by atoms with E-state index in [2.05, 4.69) is 0 Å². The molecule has 0 saturated heterocycles. The topological polar surface area (TPSA) is 49.8 Å². The number of carbonyl (C=O) groups is 1. The Morgan fingerprint density at radius 1 is 1.16 bits per heavy atom. The van der Waals surface area contributed by atoms with Crippen LogP contribution in [0.4, 0.5) is 4.79 Å². The maximum absolute atomic E-state index is 12.1. The number of hydrogen-bond donors (Lipinski definition) is 1. The van der Waals surface area contributed by atoms with Gasteiger partial charge in [-0.1, -0.05) is 27.2 Å². The third-order valence-corrected chi connectivity index (χ3v) is 3.00. The first-order valence-electron chi connectivity index (χ1n) is 7.37. The Kier molecular flexibility index (Phi) is 7.42. The summed E-state index contributed by atoms with van der Waals surface area (Å²) in [5.41, 5.74) is -1.31. The summed E-state index contributed by atoms with van der Waals surface area (Å²) in [6.45, 7) is 12.5. The fourth-order valence-corrected chi connectivity index (χ4v) is 2.02. The second-order valence-electron chi connectivity index (χ2n) is 6.23. The molecule has 0 aliphatic carbocycles. The molecule has 1 atom stereocenters. The summed E-state index contributed by atoms with van der Waals surface area (Å²) >= 11 is 0. The van der Waals surface area contributed by atoms with Crippen molar-refractivity contribution in [3.63, 3.8) is 0 Å². The standard InChI is InChI=1S/C15H31NO3/c1-7-10-15(18,9-3)12-16(11-8-2)13(17)19-14(4,5)6/h18H,7-12H2,1-6H3. The van der Waals surface area contributed by atoms with Crippen LogP contribution >= 0.6 is 0 Å². The lowest BCUT2D eigenvalue weighted by Crippen LogP contribution is -2.47. The number of carbonyl (C=O) groups excluding carboxylic acids is 1. The zero-order valence-electron chi connectivity index (χ0n) is 13.5. The zero-order chi connectivity index (χ0) is 15.1. The molecule has 0 heterocycles. The molecule has 4 nitrogen and oxygen atoms in total. The van der Waals surface area contributed by atoms with Crippen molar-refractivity contribution in [2.24, 2.45) is 0 Å². The molecular formula is C15H31NO3. The summed E-state index contributed by atoms with van der Waals surface area (Å²) in [6.07, 6.45) is 2.76. The molecule has 0 saturated carbocycles. The van der Waals surface area contributed by atoms with E-state index in [1.54, 1.807) is 4.90 Å². The number of amides is 1. The van der Waals surface area contributed by atoms with Crippen LogP contribution in [0, 0.1) is 0 Å². The maximum atomic E-state index is 12.1. The van der Waals surface area contributed by atoms with Crippen molar-refractivity contribution in [3.8, 4) is 0 Å². The van der Waals surface area contributed by atoms with Crippen molar-refractivity contribution < 1.29 is 14.6 Å². The molecule has 0 aromatic carbocycles. The van der Waals surface area contributed by atoms with Crippen LogP contribution in [-0.2, 0) is 4.74 Å². The Morgan fingerprint density at radius 3 is 2.11 bits per heavy atom. The zero-order valence-corrected chi connectivity index (χ0v) is 13.5. The van der Waals surface area contributed by atoms with E-state index in [-0.39, 0.29) is 6.09 Å². The van der Waals surface area contributed by atoms with Gasteiger partial charge in [0, 0.05) is 6.54 Å². The fourth-order valence-electron chi connectivity index (χ4n) is 2.02. The molecule has 0 aromatic heterocycles. The lowest BCUT2D eigenvalue weighted by Gasteiger charge is -2.34. The molecule has 0 aliphatic rings. The fraction of sp³-hybridized carbons (Fsp3) is 0.933. The molecule has 1 unspecified atom stereocenters. The minimum absolute atomic E-state index is 0.336. The average Bonchev–Trinajstić information content (AvgIpc) is 2.26. The van der Waals surface area contributed by atoms with Gasteiger partial charge < -0.3 is 14.7 Å². The van der Waals surface area contributed by atoms with E-state index in [4.69, 9.17) is 4.74 Å². The lowest BCUT2D eigenvalue weighted by atomic mass is 9.94. The SMILES string of the molecule is CCCN(CC(O)(CC)CCC)C(=O)OC(C)(C)C. The van der Waals surface area contributed by atoms with Crippen LogP contribution in [0.15, 0.2) is 0 Å². The smallest absolute Gasteiger partial charge is 0.410 e. The molecule has 114 valence electrons. The van der Waals surface area contributed by atoms with E-state index in [9.17, 15) is 9.90 Å². The molecule has 1 N–H and O–H groups in total. The number of aliphatic hydroxyl groups is 1. The van der Waals surface area contributed by atoms with Gasteiger partial charge in [0.15, 0.2) is 0 Å². The van der Waals surface area contributed by atoms with Gasteiger partial charge >= 0.3 is 6.09 Å². The van der Waals surface area contributed by atoms with E-state index >= 15 is 0 Å². The van der Waals surface area contributed by atoms with Crippen LogP contribution in [0.2, 0.25) is 0 Å². The Bertz CT molecular complexity index is 273. The summed E-state index contributed by atoms with van der Waals surface area (Å²) < 4.78 is 5.40. The van der Waals surface area contributed by atoms with Crippen molar-refractivity contribution in [2.45, 2.75) is 78.4 Å². The van der Waals surface area contributed by atoms with Crippen LogP contribution in [0.1, 0.15) is 67.2 Å². The van der Waals surface area contributed by atoms with Crippen molar-refractivity contribution in [2.75, 3.05) is 13.1 Å². The van der Waals surface area contributed by atoms with Gasteiger partial charge in [0.25, 0.3) is 0 Å². The summed E-state index contributed by atoms with van der Waals surface area (Å²) in [4.78, 5) is 13.8. The minimum Gasteiger partial charge on any atom is -0.444 e. The third kappa shape index (κ3) is 7.41. The van der Waals surface area contributed by atoms with Crippen molar-refractivity contribution in [1.29, 1.82) is 0 Å². The molecule has 19 heavy (non-hydrogen) atoms. The number of nitrogens with zero attached hydrogens (tertiary/aromatic N) is 1. The minimum atomic E-state index is -0.805. The van der Waals surface area contributed by atoms with Crippen LogP contribution in [0.5, 0.6) is 0 Å². The summed E-state index contributed by atoms with van der Waals surface area (Å²) in [6, 6.07) is 0. The van der Waals surface area contributed by atoms with Crippen molar-refractivity contribution >= 4 is 6.09 Å². The van der Waals surface area contributed by atoms with E-state index in [1.807, 2.05) is 41.5 Å². The monoisotopic (exact) mass is 273 g/mol. The molecule has 0 bridgehead atoms. The molecule has 1 amide bonds. The lowest BCUT2D eigenvalue weighted by molar-refractivity contribution is -0.0247. The van der Waals surface area contributed by atoms with Crippen LogP contribution in [0.25, 0.3) is 0 Å². The molecule has 0 aliphatic heterocycles. The second kappa shape index (κ2) is 7.73. The Balaban J connectivity index is 4.76. The predicted molar refractivity (Wildman–Crippen MR) is 78.2 cm³/mol. The van der Waals surface area contributed by atoms with Gasteiger partial charge in [-0.15, -0.1) is 0 Å². The molecule has 0 radical (unpaired) electrons. The Hall–Kier alpha value is -0.770. The highest BCUT2D eigenvalue weighted by Crippen LogP contribution is 2.20. The summed E-state index contributed by atoms with van der Waals surface area (Å²) in [7, 11) is 0. The van der Waals surface area contributed by atoms with E-state index in [0.29, 0.717) is 25.9 Å². The maximum Gasteiger partial charge on any atom is 0.410 e. The van der Waals surface area contributed by atoms with Crippen molar-refractivity contribution in [1.82, 2.24) is 4.90 Å². The van der Waals surface area contributed by atoms with E-state index in [0.717, 1.165) is 12.8 Å². The highest BCUT2D eigenvalue weighted by molar-refractivity contribution is 5.68. The van der Waals surface area contributed by atoms with Crippen LogP contribution < -0.4 is 0 Å². The number of rotatable bonds is 7.